The molecular weight excluding hydrogens is 504 g/mol. The number of benzene rings is 2. The summed E-state index contributed by atoms with van der Waals surface area (Å²) in [5.41, 5.74) is 4.54. The molecule has 3 atom stereocenters. The molecule has 11 heteroatoms. The van der Waals surface area contributed by atoms with E-state index in [0.29, 0.717) is 24.4 Å². The number of carbonyl (C=O) groups is 1. The zero-order valence-electron chi connectivity index (χ0n) is 19.0. The molecule has 2 aromatic carbocycles. The Kier molecular flexibility index (Phi) is 8.80. The maximum atomic E-state index is 11.8. The quantitative estimate of drug-likeness (QED) is 0.209. The Morgan fingerprint density at radius 2 is 2.00 bits per heavy atom. The van der Waals surface area contributed by atoms with Crippen molar-refractivity contribution in [2.45, 2.75) is 31.2 Å². The lowest BCUT2D eigenvalue weighted by Crippen LogP contribution is -2.31. The lowest BCUT2D eigenvalue weighted by Gasteiger charge is -2.22. The van der Waals surface area contributed by atoms with Gasteiger partial charge in [-0.25, -0.2) is 9.19 Å². The number of esters is 1. The third-order valence-corrected chi connectivity index (χ3v) is 7.47. The van der Waals surface area contributed by atoms with Crippen LogP contribution in [-0.4, -0.2) is 32.4 Å². The molecule has 4 N–H and O–H groups in total. The van der Waals surface area contributed by atoms with Gasteiger partial charge in [-0.15, -0.1) is 23.1 Å². The van der Waals surface area contributed by atoms with Crippen LogP contribution in [0.25, 0.3) is 0 Å². The first kappa shape index (κ1) is 25.2. The number of nitrogens with one attached hydrogen (secondary N) is 3. The van der Waals surface area contributed by atoms with Crippen molar-refractivity contribution in [3.05, 3.63) is 87.9 Å². The Morgan fingerprint density at radius 1 is 1.23 bits per heavy atom. The minimum atomic E-state index is -2.11. The van der Waals surface area contributed by atoms with E-state index < -0.39 is 11.3 Å². The molecule has 0 amide bonds. The molecule has 0 saturated heterocycles. The van der Waals surface area contributed by atoms with Crippen LogP contribution in [0.1, 0.15) is 29.1 Å². The highest BCUT2D eigenvalue weighted by molar-refractivity contribution is 8.02. The van der Waals surface area contributed by atoms with E-state index in [1.807, 2.05) is 35.7 Å². The maximum Gasteiger partial charge on any atom is 0.311 e. The summed E-state index contributed by atoms with van der Waals surface area (Å²) in [5, 5.41) is 12.0. The van der Waals surface area contributed by atoms with Gasteiger partial charge in [0.15, 0.2) is 5.13 Å². The number of anilines is 2. The molecule has 0 aliphatic carbocycles. The smallest absolute Gasteiger partial charge is 0.311 e. The van der Waals surface area contributed by atoms with Gasteiger partial charge in [-0.2, -0.15) is 0 Å². The Morgan fingerprint density at radius 3 is 2.71 bits per heavy atom. The van der Waals surface area contributed by atoms with Crippen LogP contribution in [0, 0.1) is 0 Å². The Balaban J connectivity index is 1.49. The van der Waals surface area contributed by atoms with Crippen LogP contribution in [0.3, 0.4) is 0 Å². The largest absolute Gasteiger partial charge is 0.466 e. The zero-order chi connectivity index (χ0) is 24.6. The summed E-state index contributed by atoms with van der Waals surface area (Å²) in [6, 6.07) is 17.6. The second-order valence-electron chi connectivity index (χ2n) is 7.72. The van der Waals surface area contributed by atoms with Crippen molar-refractivity contribution in [3.63, 3.8) is 0 Å². The normalized spacial score (nSPS) is 16.6. The summed E-state index contributed by atoms with van der Waals surface area (Å²) >= 11 is 1.06. The summed E-state index contributed by atoms with van der Waals surface area (Å²) < 4.78 is 27.5. The van der Waals surface area contributed by atoms with Crippen molar-refractivity contribution in [1.82, 2.24) is 10.3 Å². The van der Waals surface area contributed by atoms with Crippen LogP contribution in [-0.2, 0) is 33.6 Å². The highest BCUT2D eigenvalue weighted by Gasteiger charge is 2.25. The highest BCUT2D eigenvalue weighted by atomic mass is 32.2. The molecule has 184 valence electrons. The van der Waals surface area contributed by atoms with Crippen molar-refractivity contribution in [2.75, 3.05) is 16.6 Å². The number of hydrogen-bond acceptors (Lipinski definition) is 8. The molecule has 0 spiro atoms. The third kappa shape index (κ3) is 7.31. The van der Waals surface area contributed by atoms with Gasteiger partial charge in [0.1, 0.15) is 5.37 Å². The average Bonchev–Trinajstić information content (AvgIpc) is 3.50. The molecule has 2 unspecified atom stereocenters. The number of nitrogens with zero attached hydrogens (tertiary/aromatic N) is 1. The van der Waals surface area contributed by atoms with Crippen LogP contribution in [0.15, 0.2) is 71.1 Å². The van der Waals surface area contributed by atoms with Crippen molar-refractivity contribution in [3.8, 4) is 0 Å². The number of carbonyl (C=O) groups excluding carboxylic acids is 1. The molecule has 3 aromatic rings. The van der Waals surface area contributed by atoms with E-state index >= 15 is 0 Å². The van der Waals surface area contributed by atoms with Crippen molar-refractivity contribution < 1.29 is 18.3 Å². The Labute approximate surface area is 215 Å². The standard InChI is InChI=1S/C24H26N4O4S3/c1-2-32-22(29)13-19-14-34-24(25-19)27-20(12-16-8-10-18(11-9-16)28-35(30)31)21-15-33-23(26-21)17-6-4-3-5-7-17/h3-11,14-15,20,23,26,28H,2,12-13H2,1H3,(H,25,27)(H,30,31)/t20-,23?/m0/s1. The maximum absolute atomic E-state index is 11.8. The van der Waals surface area contributed by atoms with Gasteiger partial charge in [-0.05, 0) is 42.0 Å². The molecule has 2 heterocycles. The van der Waals surface area contributed by atoms with Crippen molar-refractivity contribution in [2.24, 2.45) is 0 Å². The molecular formula is C24H26N4O4S3. The number of ether oxygens (including phenoxy) is 1. The summed E-state index contributed by atoms with van der Waals surface area (Å²) in [6.45, 7) is 2.13. The first-order valence-electron chi connectivity index (χ1n) is 11.0. The summed E-state index contributed by atoms with van der Waals surface area (Å²) in [7, 11) is 0. The van der Waals surface area contributed by atoms with E-state index in [9.17, 15) is 9.00 Å². The monoisotopic (exact) mass is 530 g/mol. The molecule has 35 heavy (non-hydrogen) atoms. The van der Waals surface area contributed by atoms with Gasteiger partial charge in [0.2, 0.25) is 0 Å². The fourth-order valence-corrected chi connectivity index (χ4v) is 5.72. The van der Waals surface area contributed by atoms with Crippen LogP contribution < -0.4 is 15.4 Å². The molecule has 1 aliphatic heterocycles. The first-order valence-corrected chi connectivity index (χ1v) is 13.9. The van der Waals surface area contributed by atoms with Crippen LogP contribution in [0.2, 0.25) is 0 Å². The van der Waals surface area contributed by atoms with E-state index in [1.54, 1.807) is 30.8 Å². The predicted octanol–water partition coefficient (Wildman–Crippen LogP) is 4.70. The van der Waals surface area contributed by atoms with E-state index in [4.69, 9.17) is 9.29 Å². The zero-order valence-corrected chi connectivity index (χ0v) is 21.4. The van der Waals surface area contributed by atoms with E-state index in [1.165, 1.54) is 16.9 Å². The number of rotatable bonds is 11. The molecule has 8 nitrogen and oxygen atoms in total. The second kappa shape index (κ2) is 12.2. The first-order chi connectivity index (χ1) is 17.0. The molecule has 0 bridgehead atoms. The SMILES string of the molecule is CCOC(=O)Cc1csc(N[C@@H](Cc2ccc(NS(=O)O)cc2)C2=CSC(c3ccccc3)N2)n1. The fraction of sp³-hybridized carbons (Fsp3) is 0.250. The lowest BCUT2D eigenvalue weighted by atomic mass is 10.0. The topological polar surface area (TPSA) is 113 Å². The third-order valence-electron chi connectivity index (χ3n) is 5.19. The van der Waals surface area contributed by atoms with Gasteiger partial charge in [0.05, 0.1) is 24.8 Å². The summed E-state index contributed by atoms with van der Waals surface area (Å²) in [4.78, 5) is 16.4. The number of thiazole rings is 1. The summed E-state index contributed by atoms with van der Waals surface area (Å²) in [5.74, 6) is -0.291. The minimum absolute atomic E-state index is 0.0939. The number of thioether (sulfide) groups is 1. The highest BCUT2D eigenvalue weighted by Crippen LogP contribution is 2.36. The van der Waals surface area contributed by atoms with Gasteiger partial charge in [-0.3, -0.25) is 14.1 Å². The van der Waals surface area contributed by atoms with Gasteiger partial charge in [0, 0.05) is 16.8 Å². The van der Waals surface area contributed by atoms with Gasteiger partial charge < -0.3 is 15.4 Å². The lowest BCUT2D eigenvalue weighted by molar-refractivity contribution is -0.142. The van der Waals surface area contributed by atoms with E-state index in [-0.39, 0.29) is 23.8 Å². The molecule has 0 radical (unpaired) electrons. The second-order valence-corrected chi connectivity index (χ2v) is 10.3. The number of hydrogen-bond donors (Lipinski definition) is 4. The van der Waals surface area contributed by atoms with Gasteiger partial charge >= 0.3 is 5.97 Å². The van der Waals surface area contributed by atoms with Crippen LogP contribution in [0.4, 0.5) is 10.8 Å². The van der Waals surface area contributed by atoms with Crippen LogP contribution in [0.5, 0.6) is 0 Å². The summed E-state index contributed by atoms with van der Waals surface area (Å²) in [6.07, 6.45) is 0.806. The Bertz CT molecular complexity index is 1180. The Hall–Kier alpha value is -2.86. The fourth-order valence-electron chi connectivity index (χ4n) is 3.58. The van der Waals surface area contributed by atoms with E-state index in [2.05, 4.69) is 37.9 Å². The molecule has 0 fully saturated rings. The predicted molar refractivity (Wildman–Crippen MR) is 142 cm³/mol. The van der Waals surface area contributed by atoms with Crippen LogP contribution >= 0.6 is 23.1 Å². The van der Waals surface area contributed by atoms with Crippen molar-refractivity contribution in [1.29, 1.82) is 0 Å². The molecule has 1 aromatic heterocycles. The molecule has 1 aliphatic rings. The molecule has 4 rings (SSSR count). The van der Waals surface area contributed by atoms with E-state index in [0.717, 1.165) is 16.4 Å². The van der Waals surface area contributed by atoms with Gasteiger partial charge in [-0.1, -0.05) is 42.5 Å². The average molecular weight is 531 g/mol. The van der Waals surface area contributed by atoms with Gasteiger partial charge in [0.25, 0.3) is 11.3 Å². The van der Waals surface area contributed by atoms with Crippen molar-refractivity contribution >= 4 is 51.2 Å². The molecule has 0 saturated carbocycles. The minimum Gasteiger partial charge on any atom is -0.466 e. The number of aromatic nitrogens is 1.